The predicted octanol–water partition coefficient (Wildman–Crippen LogP) is 4.11. The van der Waals surface area contributed by atoms with Crippen molar-refractivity contribution in [2.75, 3.05) is 25.0 Å². The Morgan fingerprint density at radius 1 is 1.25 bits per heavy atom. The minimum absolute atomic E-state index is 0.0422. The molecule has 1 aliphatic rings. The Bertz CT molecular complexity index is 819. The van der Waals surface area contributed by atoms with Crippen LogP contribution in [0.15, 0.2) is 42.6 Å². The summed E-state index contributed by atoms with van der Waals surface area (Å²) in [6.45, 7) is 1.93. The van der Waals surface area contributed by atoms with E-state index in [1.54, 1.807) is 12.1 Å². The second kappa shape index (κ2) is 8.14. The molecule has 0 amide bonds. The van der Waals surface area contributed by atoms with Gasteiger partial charge < -0.3 is 4.90 Å². The van der Waals surface area contributed by atoms with Gasteiger partial charge in [0.15, 0.2) is 0 Å². The van der Waals surface area contributed by atoms with Crippen molar-refractivity contribution in [2.24, 2.45) is 0 Å². The van der Waals surface area contributed by atoms with E-state index in [4.69, 9.17) is 0 Å². The molecule has 1 fully saturated rings. The fraction of sp³-hybridized carbons (Fsp3) is 0.421. The number of benzene rings is 1. The largest absolute Gasteiger partial charge is 0.416 e. The molecule has 0 aliphatic carbocycles. The highest BCUT2D eigenvalue weighted by atomic mass is 19.4. The van der Waals surface area contributed by atoms with Crippen LogP contribution >= 0.6 is 0 Å². The summed E-state index contributed by atoms with van der Waals surface area (Å²) in [5.74, 6) is 0.699. The van der Waals surface area contributed by atoms with Crippen LogP contribution in [0.5, 0.6) is 0 Å². The Morgan fingerprint density at radius 3 is 2.54 bits per heavy atom. The van der Waals surface area contributed by atoms with Crippen LogP contribution in [0.25, 0.3) is 0 Å². The first-order valence-corrected chi connectivity index (χ1v) is 8.96. The van der Waals surface area contributed by atoms with Crippen molar-refractivity contribution < 1.29 is 18.1 Å². The predicted molar refractivity (Wildman–Crippen MR) is 99.0 cm³/mol. The molecular weight excluding hydrogens is 373 g/mol. The lowest BCUT2D eigenvalue weighted by atomic mass is 10.0. The van der Waals surface area contributed by atoms with Gasteiger partial charge >= 0.3 is 6.18 Å². The lowest BCUT2D eigenvalue weighted by Crippen LogP contribution is -2.43. The van der Waals surface area contributed by atoms with Gasteiger partial charge in [0.1, 0.15) is 12.0 Å². The number of hydrogen-bond acceptors (Lipinski definition) is 5. The summed E-state index contributed by atoms with van der Waals surface area (Å²) in [5, 5.41) is 10.7. The van der Waals surface area contributed by atoms with Crippen LogP contribution in [0.2, 0.25) is 0 Å². The number of nitrogens with zero attached hydrogens (tertiary/aromatic N) is 4. The summed E-state index contributed by atoms with van der Waals surface area (Å²) in [6, 6.07) is 8.77. The number of hydrogen-bond donors (Lipinski definition) is 0. The minimum Gasteiger partial charge on any atom is -0.356 e. The van der Waals surface area contributed by atoms with E-state index in [2.05, 4.69) is 14.8 Å². The van der Waals surface area contributed by atoms with Gasteiger partial charge in [0.2, 0.25) is 0 Å². The number of piperidine rings is 1. The SMILES string of the molecule is CN(Cc1cccc(C(F)(F)F)c1)C1CCN(c2ccc([N+](=O)[O-])cn2)CC1. The van der Waals surface area contributed by atoms with E-state index in [1.165, 1.54) is 24.4 Å². The third-order valence-corrected chi connectivity index (χ3v) is 5.04. The van der Waals surface area contributed by atoms with Crippen molar-refractivity contribution in [3.8, 4) is 0 Å². The van der Waals surface area contributed by atoms with Crippen LogP contribution in [0.3, 0.4) is 0 Å². The Hall–Kier alpha value is -2.68. The number of aromatic nitrogens is 1. The highest BCUT2D eigenvalue weighted by Gasteiger charge is 2.30. The van der Waals surface area contributed by atoms with Crippen LogP contribution in [0, 0.1) is 10.1 Å². The summed E-state index contributed by atoms with van der Waals surface area (Å²) in [4.78, 5) is 18.5. The zero-order chi connectivity index (χ0) is 20.3. The maximum Gasteiger partial charge on any atom is 0.416 e. The van der Waals surface area contributed by atoms with Crippen molar-refractivity contribution in [1.29, 1.82) is 0 Å². The lowest BCUT2D eigenvalue weighted by molar-refractivity contribution is -0.385. The van der Waals surface area contributed by atoms with Crippen LogP contribution in [0.4, 0.5) is 24.7 Å². The number of rotatable bonds is 5. The molecule has 1 aliphatic heterocycles. The van der Waals surface area contributed by atoms with Gasteiger partial charge in [-0.15, -0.1) is 0 Å². The highest BCUT2D eigenvalue weighted by molar-refractivity contribution is 5.43. The molecule has 0 radical (unpaired) electrons. The van der Waals surface area contributed by atoms with Crippen molar-refractivity contribution in [1.82, 2.24) is 9.88 Å². The quantitative estimate of drug-likeness (QED) is 0.564. The molecule has 6 nitrogen and oxygen atoms in total. The van der Waals surface area contributed by atoms with Crippen molar-refractivity contribution in [3.63, 3.8) is 0 Å². The monoisotopic (exact) mass is 394 g/mol. The molecule has 1 aromatic carbocycles. The Kier molecular flexibility index (Phi) is 5.83. The molecule has 0 atom stereocenters. The molecule has 28 heavy (non-hydrogen) atoms. The van der Waals surface area contributed by atoms with E-state index in [1.807, 2.05) is 7.05 Å². The van der Waals surface area contributed by atoms with Gasteiger partial charge in [0.05, 0.1) is 10.5 Å². The fourth-order valence-corrected chi connectivity index (χ4v) is 3.47. The van der Waals surface area contributed by atoms with Gasteiger partial charge in [-0.1, -0.05) is 18.2 Å². The lowest BCUT2D eigenvalue weighted by Gasteiger charge is -2.37. The smallest absolute Gasteiger partial charge is 0.356 e. The molecule has 150 valence electrons. The maximum atomic E-state index is 12.9. The molecule has 0 bridgehead atoms. The van der Waals surface area contributed by atoms with E-state index in [0.717, 1.165) is 32.0 Å². The Morgan fingerprint density at radius 2 is 1.96 bits per heavy atom. The van der Waals surface area contributed by atoms with E-state index in [-0.39, 0.29) is 11.7 Å². The summed E-state index contributed by atoms with van der Waals surface area (Å²) < 4.78 is 38.6. The van der Waals surface area contributed by atoms with E-state index in [9.17, 15) is 23.3 Å². The van der Waals surface area contributed by atoms with Crippen LogP contribution in [-0.2, 0) is 12.7 Å². The van der Waals surface area contributed by atoms with Gasteiger partial charge in [0, 0.05) is 31.7 Å². The van der Waals surface area contributed by atoms with Crippen LogP contribution in [-0.4, -0.2) is 41.0 Å². The molecule has 2 heterocycles. The first kappa shape index (κ1) is 20.1. The first-order chi connectivity index (χ1) is 13.2. The second-order valence-electron chi connectivity index (χ2n) is 6.96. The fourth-order valence-electron chi connectivity index (χ4n) is 3.47. The molecular formula is C19H21F3N4O2. The first-order valence-electron chi connectivity index (χ1n) is 8.96. The molecule has 3 rings (SSSR count). The van der Waals surface area contributed by atoms with E-state index in [0.29, 0.717) is 17.9 Å². The van der Waals surface area contributed by atoms with Crippen molar-refractivity contribution >= 4 is 11.5 Å². The average molecular weight is 394 g/mol. The number of alkyl halides is 3. The van der Waals surface area contributed by atoms with Gasteiger partial charge in [0.25, 0.3) is 5.69 Å². The molecule has 0 saturated carbocycles. The zero-order valence-corrected chi connectivity index (χ0v) is 15.4. The zero-order valence-electron chi connectivity index (χ0n) is 15.4. The molecule has 2 aromatic rings. The molecule has 1 saturated heterocycles. The topological polar surface area (TPSA) is 62.5 Å². The number of nitro groups is 1. The van der Waals surface area contributed by atoms with E-state index < -0.39 is 16.7 Å². The average Bonchev–Trinajstić information content (AvgIpc) is 2.68. The normalized spacial score (nSPS) is 15.8. The van der Waals surface area contributed by atoms with Crippen molar-refractivity contribution in [3.05, 3.63) is 63.8 Å². The molecule has 9 heteroatoms. The number of pyridine rings is 1. The standard InChI is InChI=1S/C19H21F3N4O2/c1-24(13-14-3-2-4-15(11-14)19(20,21)22)16-7-9-25(10-8-16)18-6-5-17(12-23-18)26(27)28/h2-6,11-12,16H,7-10,13H2,1H3. The van der Waals surface area contributed by atoms with Gasteiger partial charge in [-0.25, -0.2) is 4.98 Å². The number of halogens is 3. The van der Waals surface area contributed by atoms with Crippen LogP contribution in [0.1, 0.15) is 24.0 Å². The van der Waals surface area contributed by atoms with Gasteiger partial charge in [-0.3, -0.25) is 15.0 Å². The van der Waals surface area contributed by atoms with Crippen LogP contribution < -0.4 is 4.90 Å². The molecule has 0 unspecified atom stereocenters. The molecule has 1 aromatic heterocycles. The Balaban J connectivity index is 1.56. The maximum absolute atomic E-state index is 12.9. The minimum atomic E-state index is -4.34. The Labute approximate surface area is 160 Å². The van der Waals surface area contributed by atoms with E-state index >= 15 is 0 Å². The van der Waals surface area contributed by atoms with Crippen molar-refractivity contribution in [2.45, 2.75) is 31.6 Å². The number of anilines is 1. The van der Waals surface area contributed by atoms with Gasteiger partial charge in [-0.05, 0) is 37.6 Å². The second-order valence-corrected chi connectivity index (χ2v) is 6.96. The third kappa shape index (κ3) is 4.78. The highest BCUT2D eigenvalue weighted by Crippen LogP contribution is 2.30. The summed E-state index contributed by atoms with van der Waals surface area (Å²) in [6.07, 6.45) is -1.40. The molecule has 0 N–H and O–H groups in total. The molecule has 0 spiro atoms. The summed E-state index contributed by atoms with van der Waals surface area (Å²) >= 11 is 0. The third-order valence-electron chi connectivity index (χ3n) is 5.04. The summed E-state index contributed by atoms with van der Waals surface area (Å²) in [7, 11) is 1.92. The summed E-state index contributed by atoms with van der Waals surface area (Å²) in [5.41, 5.74) is -0.0336. The van der Waals surface area contributed by atoms with Gasteiger partial charge in [-0.2, -0.15) is 13.2 Å².